The highest BCUT2D eigenvalue weighted by Gasteiger charge is 2.04. The molecule has 3 heteroatoms. The van der Waals surface area contributed by atoms with E-state index in [4.69, 9.17) is 0 Å². The summed E-state index contributed by atoms with van der Waals surface area (Å²) in [5.74, 6) is -0.296. The van der Waals surface area contributed by atoms with Crippen LogP contribution in [0.15, 0.2) is 71.5 Å². The molecule has 0 spiro atoms. The predicted octanol–water partition coefficient (Wildman–Crippen LogP) is 3.85. The summed E-state index contributed by atoms with van der Waals surface area (Å²) in [5, 5.41) is 0. The maximum absolute atomic E-state index is 13.0. The number of pyridine rings is 1. The Morgan fingerprint density at radius 1 is 0.750 bits per heavy atom. The molecule has 0 atom stereocenters. The van der Waals surface area contributed by atoms with Gasteiger partial charge in [0.1, 0.15) is 5.82 Å². The average Bonchev–Trinajstić information content (AvgIpc) is 2.48. The molecule has 0 fully saturated rings. The summed E-state index contributed by atoms with van der Waals surface area (Å²) >= 11 is 0. The summed E-state index contributed by atoms with van der Waals surface area (Å²) in [6.45, 7) is 0. The van der Waals surface area contributed by atoms with Gasteiger partial charge in [-0.2, -0.15) is 0 Å². The normalized spacial score (nSPS) is 10.4. The van der Waals surface area contributed by atoms with Crippen molar-refractivity contribution in [3.8, 4) is 22.4 Å². The van der Waals surface area contributed by atoms with E-state index in [1.54, 1.807) is 18.2 Å². The minimum absolute atomic E-state index is 0.175. The fraction of sp³-hybridized carbons (Fsp3) is 0. The molecule has 20 heavy (non-hydrogen) atoms. The monoisotopic (exact) mass is 265 g/mol. The van der Waals surface area contributed by atoms with E-state index < -0.39 is 0 Å². The van der Waals surface area contributed by atoms with Gasteiger partial charge in [0.2, 0.25) is 5.56 Å². The van der Waals surface area contributed by atoms with Gasteiger partial charge in [-0.1, -0.05) is 30.3 Å². The highest BCUT2D eigenvalue weighted by molar-refractivity contribution is 5.70. The van der Waals surface area contributed by atoms with Crippen molar-refractivity contribution in [3.05, 3.63) is 82.9 Å². The van der Waals surface area contributed by atoms with E-state index in [1.165, 1.54) is 12.1 Å². The average molecular weight is 265 g/mol. The van der Waals surface area contributed by atoms with E-state index in [9.17, 15) is 9.18 Å². The summed E-state index contributed by atoms with van der Waals surface area (Å²) in [6, 6.07) is 19.2. The first-order chi connectivity index (χ1) is 9.72. The van der Waals surface area contributed by atoms with Crippen molar-refractivity contribution in [1.82, 2.24) is 4.98 Å². The molecule has 0 saturated carbocycles. The van der Waals surface area contributed by atoms with Gasteiger partial charge in [-0.3, -0.25) is 4.79 Å². The van der Waals surface area contributed by atoms with Crippen LogP contribution in [0.4, 0.5) is 4.39 Å². The lowest BCUT2D eigenvalue weighted by atomic mass is 10.0. The molecule has 2 nitrogen and oxygen atoms in total. The van der Waals surface area contributed by atoms with E-state index in [0.717, 1.165) is 16.7 Å². The molecule has 1 N–H and O–H groups in total. The number of aromatic nitrogens is 1. The van der Waals surface area contributed by atoms with Crippen LogP contribution in [0.25, 0.3) is 22.4 Å². The fourth-order valence-electron chi connectivity index (χ4n) is 2.13. The smallest absolute Gasteiger partial charge is 0.249 e. The third-order valence-corrected chi connectivity index (χ3v) is 3.11. The van der Waals surface area contributed by atoms with Crippen molar-refractivity contribution in [1.29, 1.82) is 0 Å². The van der Waals surface area contributed by atoms with E-state index in [2.05, 4.69) is 4.98 Å². The van der Waals surface area contributed by atoms with E-state index in [0.29, 0.717) is 5.69 Å². The number of aromatic amines is 1. The Balaban J connectivity index is 2.12. The van der Waals surface area contributed by atoms with Crippen molar-refractivity contribution in [2.24, 2.45) is 0 Å². The summed E-state index contributed by atoms with van der Waals surface area (Å²) in [6.07, 6.45) is 0. The fourth-order valence-corrected chi connectivity index (χ4v) is 2.13. The number of rotatable bonds is 2. The van der Waals surface area contributed by atoms with Crippen LogP contribution in [0.3, 0.4) is 0 Å². The van der Waals surface area contributed by atoms with Crippen LogP contribution in [-0.2, 0) is 0 Å². The first-order valence-corrected chi connectivity index (χ1v) is 6.28. The molecular weight excluding hydrogens is 253 g/mol. The molecular formula is C17H12FNO. The Hall–Kier alpha value is -2.68. The Labute approximate surface area is 115 Å². The lowest BCUT2D eigenvalue weighted by molar-refractivity contribution is 0.628. The van der Waals surface area contributed by atoms with Gasteiger partial charge in [0.25, 0.3) is 0 Å². The lowest BCUT2D eigenvalue weighted by Gasteiger charge is -2.05. The summed E-state index contributed by atoms with van der Waals surface area (Å²) < 4.78 is 13.0. The molecule has 0 saturated heterocycles. The number of H-pyrrole nitrogens is 1. The van der Waals surface area contributed by atoms with Gasteiger partial charge in [-0.25, -0.2) is 4.39 Å². The number of hydrogen-bond donors (Lipinski definition) is 1. The second kappa shape index (κ2) is 5.13. The van der Waals surface area contributed by atoms with Crippen molar-refractivity contribution in [2.75, 3.05) is 0 Å². The molecule has 0 aliphatic carbocycles. The van der Waals surface area contributed by atoms with E-state index >= 15 is 0 Å². The zero-order chi connectivity index (χ0) is 13.9. The van der Waals surface area contributed by atoms with Gasteiger partial charge in [-0.15, -0.1) is 0 Å². The van der Waals surface area contributed by atoms with Crippen LogP contribution in [-0.4, -0.2) is 4.98 Å². The molecule has 1 aromatic heterocycles. The van der Waals surface area contributed by atoms with Crippen molar-refractivity contribution >= 4 is 0 Å². The largest absolute Gasteiger partial charge is 0.322 e. The first kappa shape index (κ1) is 12.4. The second-order valence-electron chi connectivity index (χ2n) is 4.52. The number of nitrogens with one attached hydrogen (secondary N) is 1. The van der Waals surface area contributed by atoms with Crippen LogP contribution in [0.1, 0.15) is 0 Å². The molecule has 3 rings (SSSR count). The molecule has 98 valence electrons. The van der Waals surface area contributed by atoms with Crippen molar-refractivity contribution in [2.45, 2.75) is 0 Å². The molecule has 0 unspecified atom stereocenters. The van der Waals surface area contributed by atoms with Crippen molar-refractivity contribution in [3.63, 3.8) is 0 Å². The quantitative estimate of drug-likeness (QED) is 0.750. The first-order valence-electron chi connectivity index (χ1n) is 6.28. The molecule has 0 aliphatic heterocycles. The Morgan fingerprint density at radius 3 is 2.15 bits per heavy atom. The molecule has 0 bridgehead atoms. The highest BCUT2D eigenvalue weighted by atomic mass is 19.1. The van der Waals surface area contributed by atoms with Crippen LogP contribution in [0.2, 0.25) is 0 Å². The molecule has 0 amide bonds. The van der Waals surface area contributed by atoms with Gasteiger partial charge in [-0.05, 0) is 47.0 Å². The predicted molar refractivity (Wildman–Crippen MR) is 77.9 cm³/mol. The standard InChI is InChI=1S/C17H12FNO/c18-15-8-6-13(7-9-15)16-10-14(11-17(20)19-16)12-4-2-1-3-5-12/h1-11H,(H,19,20). The summed E-state index contributed by atoms with van der Waals surface area (Å²) in [7, 11) is 0. The minimum atomic E-state index is -0.296. The van der Waals surface area contributed by atoms with Gasteiger partial charge in [0.15, 0.2) is 0 Å². The van der Waals surface area contributed by atoms with Crippen LogP contribution < -0.4 is 5.56 Å². The highest BCUT2D eigenvalue weighted by Crippen LogP contribution is 2.23. The van der Waals surface area contributed by atoms with Gasteiger partial charge in [0, 0.05) is 11.8 Å². The maximum atomic E-state index is 13.0. The zero-order valence-corrected chi connectivity index (χ0v) is 10.6. The van der Waals surface area contributed by atoms with Gasteiger partial charge < -0.3 is 4.98 Å². The lowest BCUT2D eigenvalue weighted by Crippen LogP contribution is -2.05. The molecule has 2 aromatic carbocycles. The Kier molecular flexibility index (Phi) is 3.17. The summed E-state index contributed by atoms with van der Waals surface area (Å²) in [5.41, 5.74) is 3.10. The topological polar surface area (TPSA) is 32.9 Å². The molecule has 1 heterocycles. The van der Waals surface area contributed by atoms with Crippen LogP contribution in [0.5, 0.6) is 0 Å². The number of hydrogen-bond acceptors (Lipinski definition) is 1. The Bertz CT molecular complexity index is 776. The molecule has 0 radical (unpaired) electrons. The SMILES string of the molecule is O=c1cc(-c2ccccc2)cc(-c2ccc(F)cc2)[nH]1. The molecule has 3 aromatic rings. The van der Waals surface area contributed by atoms with E-state index in [1.807, 2.05) is 36.4 Å². The van der Waals surface area contributed by atoms with Gasteiger partial charge >= 0.3 is 0 Å². The van der Waals surface area contributed by atoms with Crippen molar-refractivity contribution < 1.29 is 4.39 Å². The third kappa shape index (κ3) is 2.52. The number of benzene rings is 2. The van der Waals surface area contributed by atoms with Crippen LogP contribution in [0, 0.1) is 5.82 Å². The summed E-state index contributed by atoms with van der Waals surface area (Å²) in [4.78, 5) is 14.6. The van der Waals surface area contributed by atoms with E-state index in [-0.39, 0.29) is 11.4 Å². The second-order valence-corrected chi connectivity index (χ2v) is 4.52. The maximum Gasteiger partial charge on any atom is 0.249 e. The minimum Gasteiger partial charge on any atom is -0.322 e. The Morgan fingerprint density at radius 2 is 1.45 bits per heavy atom. The van der Waals surface area contributed by atoms with Gasteiger partial charge in [0.05, 0.1) is 0 Å². The zero-order valence-electron chi connectivity index (χ0n) is 10.6. The third-order valence-electron chi connectivity index (χ3n) is 3.11. The molecule has 0 aliphatic rings. The van der Waals surface area contributed by atoms with Crippen LogP contribution >= 0.6 is 0 Å². The number of halogens is 1.